The summed E-state index contributed by atoms with van der Waals surface area (Å²) in [5, 5.41) is 0. The lowest BCUT2D eigenvalue weighted by molar-refractivity contribution is 0.0447. The topological polar surface area (TPSA) is 48.1 Å². The highest BCUT2D eigenvalue weighted by molar-refractivity contribution is 5.06. The SMILES string of the molecule is NC1CCC(OCc2cccnc2)C1. The van der Waals surface area contributed by atoms with E-state index in [4.69, 9.17) is 10.5 Å². The number of pyridine rings is 1. The molecule has 0 spiro atoms. The molecule has 14 heavy (non-hydrogen) atoms. The number of hydrogen-bond acceptors (Lipinski definition) is 3. The number of hydrogen-bond donors (Lipinski definition) is 1. The summed E-state index contributed by atoms with van der Waals surface area (Å²) in [7, 11) is 0. The average Bonchev–Trinajstić information content (AvgIpc) is 2.63. The van der Waals surface area contributed by atoms with E-state index in [2.05, 4.69) is 4.98 Å². The number of rotatable bonds is 3. The first kappa shape index (κ1) is 9.62. The Morgan fingerprint density at radius 1 is 1.50 bits per heavy atom. The Morgan fingerprint density at radius 2 is 2.43 bits per heavy atom. The van der Waals surface area contributed by atoms with Gasteiger partial charge in [0, 0.05) is 18.4 Å². The van der Waals surface area contributed by atoms with Crippen molar-refractivity contribution in [3.63, 3.8) is 0 Å². The zero-order valence-electron chi connectivity index (χ0n) is 8.23. The largest absolute Gasteiger partial charge is 0.373 e. The van der Waals surface area contributed by atoms with E-state index in [1.165, 1.54) is 0 Å². The van der Waals surface area contributed by atoms with Gasteiger partial charge in [0.15, 0.2) is 0 Å². The highest BCUT2D eigenvalue weighted by Crippen LogP contribution is 2.21. The summed E-state index contributed by atoms with van der Waals surface area (Å²) in [5.41, 5.74) is 6.93. The minimum absolute atomic E-state index is 0.342. The van der Waals surface area contributed by atoms with Crippen molar-refractivity contribution in [3.8, 4) is 0 Å². The van der Waals surface area contributed by atoms with Gasteiger partial charge in [-0.2, -0.15) is 0 Å². The molecule has 2 N–H and O–H groups in total. The van der Waals surface area contributed by atoms with Gasteiger partial charge in [-0.3, -0.25) is 4.98 Å². The molecule has 3 nitrogen and oxygen atoms in total. The second-order valence-corrected chi connectivity index (χ2v) is 3.87. The maximum absolute atomic E-state index is 5.80. The van der Waals surface area contributed by atoms with Crippen LogP contribution in [-0.2, 0) is 11.3 Å². The van der Waals surface area contributed by atoms with Gasteiger partial charge < -0.3 is 10.5 Å². The van der Waals surface area contributed by atoms with E-state index in [9.17, 15) is 0 Å². The molecule has 0 aromatic carbocycles. The van der Waals surface area contributed by atoms with Crippen LogP contribution in [0.15, 0.2) is 24.5 Å². The third kappa shape index (κ3) is 2.53. The molecule has 1 aliphatic rings. The monoisotopic (exact) mass is 192 g/mol. The molecular weight excluding hydrogens is 176 g/mol. The maximum atomic E-state index is 5.80. The highest BCUT2D eigenvalue weighted by Gasteiger charge is 2.21. The van der Waals surface area contributed by atoms with Gasteiger partial charge in [0.25, 0.3) is 0 Å². The second-order valence-electron chi connectivity index (χ2n) is 3.87. The predicted molar refractivity (Wildman–Crippen MR) is 54.6 cm³/mol. The summed E-state index contributed by atoms with van der Waals surface area (Å²) < 4.78 is 5.74. The molecule has 1 fully saturated rings. The van der Waals surface area contributed by atoms with Crippen LogP contribution in [0.4, 0.5) is 0 Å². The van der Waals surface area contributed by atoms with Crippen LogP contribution in [0.1, 0.15) is 24.8 Å². The number of nitrogens with zero attached hydrogens (tertiary/aromatic N) is 1. The van der Waals surface area contributed by atoms with Gasteiger partial charge in [-0.1, -0.05) is 6.07 Å². The number of ether oxygens (including phenoxy) is 1. The summed E-state index contributed by atoms with van der Waals surface area (Å²) in [5.74, 6) is 0. The number of nitrogens with two attached hydrogens (primary N) is 1. The Hall–Kier alpha value is -0.930. The summed E-state index contributed by atoms with van der Waals surface area (Å²) in [6.45, 7) is 0.658. The van der Waals surface area contributed by atoms with E-state index in [1.807, 2.05) is 18.3 Å². The molecule has 1 aromatic rings. The van der Waals surface area contributed by atoms with Crippen LogP contribution in [0.2, 0.25) is 0 Å². The smallest absolute Gasteiger partial charge is 0.0735 e. The Kier molecular flexibility index (Phi) is 3.11. The standard InChI is InChI=1S/C11H16N2O/c12-10-3-4-11(6-10)14-8-9-2-1-5-13-7-9/h1-2,5,7,10-11H,3-4,6,8,12H2. The Balaban J connectivity index is 1.78. The third-order valence-electron chi connectivity index (χ3n) is 2.63. The van der Waals surface area contributed by atoms with Gasteiger partial charge in [-0.05, 0) is 30.9 Å². The van der Waals surface area contributed by atoms with Crippen molar-refractivity contribution in [3.05, 3.63) is 30.1 Å². The molecule has 1 aromatic heterocycles. The first-order valence-electron chi connectivity index (χ1n) is 5.10. The lowest BCUT2D eigenvalue weighted by atomic mass is 10.2. The van der Waals surface area contributed by atoms with E-state index < -0.39 is 0 Å². The van der Waals surface area contributed by atoms with Crippen molar-refractivity contribution in [2.45, 2.75) is 38.0 Å². The molecule has 76 valence electrons. The van der Waals surface area contributed by atoms with Crippen LogP contribution in [0.3, 0.4) is 0 Å². The summed E-state index contributed by atoms with van der Waals surface area (Å²) in [6, 6.07) is 4.30. The molecule has 0 aliphatic heterocycles. The Labute approximate surface area is 84.3 Å². The molecule has 0 amide bonds. The minimum Gasteiger partial charge on any atom is -0.373 e. The molecule has 3 heteroatoms. The zero-order valence-corrected chi connectivity index (χ0v) is 8.23. The molecule has 2 rings (SSSR count). The van der Waals surface area contributed by atoms with E-state index in [0.29, 0.717) is 18.8 Å². The Bertz CT molecular complexity index is 276. The van der Waals surface area contributed by atoms with E-state index >= 15 is 0 Å². The summed E-state index contributed by atoms with van der Waals surface area (Å²) in [6.07, 6.45) is 7.16. The predicted octanol–water partition coefficient (Wildman–Crippen LogP) is 1.48. The van der Waals surface area contributed by atoms with Crippen LogP contribution in [0.25, 0.3) is 0 Å². The van der Waals surface area contributed by atoms with E-state index in [1.54, 1.807) is 6.20 Å². The van der Waals surface area contributed by atoms with E-state index in [0.717, 1.165) is 24.8 Å². The molecule has 0 saturated heterocycles. The van der Waals surface area contributed by atoms with Crippen molar-refractivity contribution in [1.82, 2.24) is 4.98 Å². The van der Waals surface area contributed by atoms with Crippen LogP contribution in [0, 0.1) is 0 Å². The van der Waals surface area contributed by atoms with Crippen molar-refractivity contribution >= 4 is 0 Å². The average molecular weight is 192 g/mol. The van der Waals surface area contributed by atoms with Crippen LogP contribution >= 0.6 is 0 Å². The highest BCUT2D eigenvalue weighted by atomic mass is 16.5. The molecule has 2 atom stereocenters. The third-order valence-corrected chi connectivity index (χ3v) is 2.63. The first-order chi connectivity index (χ1) is 6.84. The first-order valence-corrected chi connectivity index (χ1v) is 5.10. The van der Waals surface area contributed by atoms with Gasteiger partial charge in [-0.15, -0.1) is 0 Å². The van der Waals surface area contributed by atoms with Gasteiger partial charge in [0.1, 0.15) is 0 Å². The normalized spacial score (nSPS) is 26.6. The van der Waals surface area contributed by atoms with Crippen molar-refractivity contribution in [2.24, 2.45) is 5.73 Å². The van der Waals surface area contributed by atoms with E-state index in [-0.39, 0.29) is 0 Å². The number of aromatic nitrogens is 1. The van der Waals surface area contributed by atoms with Gasteiger partial charge in [-0.25, -0.2) is 0 Å². The summed E-state index contributed by atoms with van der Waals surface area (Å²) >= 11 is 0. The van der Waals surface area contributed by atoms with Crippen LogP contribution in [0.5, 0.6) is 0 Å². The van der Waals surface area contributed by atoms with Crippen molar-refractivity contribution in [1.29, 1.82) is 0 Å². The molecule has 1 heterocycles. The zero-order chi connectivity index (χ0) is 9.80. The maximum Gasteiger partial charge on any atom is 0.0735 e. The van der Waals surface area contributed by atoms with Gasteiger partial charge >= 0.3 is 0 Å². The fourth-order valence-corrected chi connectivity index (χ4v) is 1.82. The molecule has 1 aliphatic carbocycles. The quantitative estimate of drug-likeness (QED) is 0.789. The molecule has 2 unspecified atom stereocenters. The molecule has 0 bridgehead atoms. The fraction of sp³-hybridized carbons (Fsp3) is 0.545. The van der Waals surface area contributed by atoms with Crippen molar-refractivity contribution < 1.29 is 4.74 Å². The molecular formula is C11H16N2O. The van der Waals surface area contributed by atoms with Gasteiger partial charge in [0.05, 0.1) is 12.7 Å². The lowest BCUT2D eigenvalue weighted by Crippen LogP contribution is -2.17. The second kappa shape index (κ2) is 4.53. The molecule has 0 radical (unpaired) electrons. The minimum atomic E-state index is 0.342. The summed E-state index contributed by atoms with van der Waals surface area (Å²) in [4.78, 5) is 4.04. The van der Waals surface area contributed by atoms with Crippen LogP contribution < -0.4 is 5.73 Å². The fourth-order valence-electron chi connectivity index (χ4n) is 1.82. The molecule has 1 saturated carbocycles. The van der Waals surface area contributed by atoms with Gasteiger partial charge in [0.2, 0.25) is 0 Å². The lowest BCUT2D eigenvalue weighted by Gasteiger charge is -2.10. The Morgan fingerprint density at radius 3 is 3.07 bits per heavy atom. The van der Waals surface area contributed by atoms with Crippen molar-refractivity contribution in [2.75, 3.05) is 0 Å². The van der Waals surface area contributed by atoms with Crippen LogP contribution in [-0.4, -0.2) is 17.1 Å².